The monoisotopic (exact) mass is 254 g/mol. The van der Waals surface area contributed by atoms with Crippen LogP contribution in [0.25, 0.3) is 0 Å². The second-order valence-corrected chi connectivity index (χ2v) is 7.77. The Morgan fingerprint density at radius 2 is 1.78 bits per heavy atom. The molecule has 4 heteroatoms. The topological polar surface area (TPSA) is 58.9 Å². The van der Waals surface area contributed by atoms with Crippen LogP contribution in [0.3, 0.4) is 0 Å². The lowest BCUT2D eigenvalue weighted by molar-refractivity contribution is -0.319. The van der Waals surface area contributed by atoms with E-state index in [4.69, 9.17) is 9.47 Å². The summed E-state index contributed by atoms with van der Waals surface area (Å²) in [6, 6.07) is 0. The van der Waals surface area contributed by atoms with Gasteiger partial charge in [0.25, 0.3) is 0 Å². The van der Waals surface area contributed by atoms with Gasteiger partial charge >= 0.3 is 0 Å². The minimum Gasteiger partial charge on any atom is -0.364 e. The molecule has 0 radical (unpaired) electrons. The first-order valence-corrected chi connectivity index (χ1v) is 7.01. The van der Waals surface area contributed by atoms with Gasteiger partial charge < -0.3 is 19.7 Å². The lowest BCUT2D eigenvalue weighted by Gasteiger charge is -2.42. The fourth-order valence-electron chi connectivity index (χ4n) is 5.25. The van der Waals surface area contributed by atoms with Gasteiger partial charge in [0.2, 0.25) is 12.1 Å². The van der Waals surface area contributed by atoms with Crippen LogP contribution in [0, 0.1) is 23.2 Å². The maximum Gasteiger partial charge on any atom is 0.224 e. The predicted octanol–water partition coefficient (Wildman–Crippen LogP) is 1.25. The van der Waals surface area contributed by atoms with Crippen LogP contribution in [0.2, 0.25) is 0 Å². The molecule has 0 unspecified atom stereocenters. The van der Waals surface area contributed by atoms with Gasteiger partial charge in [-0.05, 0) is 43.4 Å². The maximum absolute atomic E-state index is 10.5. The van der Waals surface area contributed by atoms with Crippen LogP contribution >= 0.6 is 0 Å². The average Bonchev–Trinajstić information content (AvgIpc) is 2.76. The molecule has 2 saturated heterocycles. The molecule has 2 saturated carbocycles. The van der Waals surface area contributed by atoms with E-state index in [-0.39, 0.29) is 17.6 Å². The van der Waals surface area contributed by atoms with E-state index in [0.717, 1.165) is 19.3 Å². The Morgan fingerprint density at radius 3 is 2.50 bits per heavy atom. The van der Waals surface area contributed by atoms with Crippen molar-refractivity contribution in [2.75, 3.05) is 0 Å². The zero-order valence-electron chi connectivity index (χ0n) is 11.2. The highest BCUT2D eigenvalue weighted by Gasteiger charge is 2.74. The van der Waals surface area contributed by atoms with Gasteiger partial charge in [-0.1, -0.05) is 13.8 Å². The zero-order valence-corrected chi connectivity index (χ0v) is 11.2. The van der Waals surface area contributed by atoms with E-state index in [0.29, 0.717) is 17.3 Å². The summed E-state index contributed by atoms with van der Waals surface area (Å²) < 4.78 is 11.6. The summed E-state index contributed by atoms with van der Waals surface area (Å²) >= 11 is 0. The number of hydrogen-bond donors (Lipinski definition) is 2. The molecule has 2 heterocycles. The first kappa shape index (κ1) is 11.6. The molecule has 2 aliphatic carbocycles. The van der Waals surface area contributed by atoms with Crippen molar-refractivity contribution in [2.45, 2.75) is 63.8 Å². The van der Waals surface area contributed by atoms with Crippen molar-refractivity contribution in [3.05, 3.63) is 0 Å². The van der Waals surface area contributed by atoms with E-state index in [1.54, 1.807) is 0 Å². The SMILES string of the molecule is CC1(C)C[C@H]2[C@@H]3O[C@@H](O)[C@]4(O)O[C@@](C)(C[C@H]34)[C@H]2C1. The molecule has 2 aliphatic heterocycles. The Morgan fingerprint density at radius 1 is 1.06 bits per heavy atom. The van der Waals surface area contributed by atoms with Gasteiger partial charge in [-0.15, -0.1) is 0 Å². The van der Waals surface area contributed by atoms with E-state index in [1.807, 2.05) is 0 Å². The molecule has 0 aromatic heterocycles. The highest BCUT2D eigenvalue weighted by atomic mass is 16.7. The predicted molar refractivity (Wildman–Crippen MR) is 63.4 cm³/mol. The summed E-state index contributed by atoms with van der Waals surface area (Å²) in [5, 5.41) is 20.5. The van der Waals surface area contributed by atoms with Crippen LogP contribution < -0.4 is 0 Å². The van der Waals surface area contributed by atoms with Gasteiger partial charge in [0, 0.05) is 5.92 Å². The number of fused-ring (bicyclic) bond motifs is 4. The third-order valence-corrected chi connectivity index (χ3v) is 5.87. The van der Waals surface area contributed by atoms with E-state index in [2.05, 4.69) is 20.8 Å². The fourth-order valence-corrected chi connectivity index (χ4v) is 5.25. The quantitative estimate of drug-likeness (QED) is 0.683. The number of rotatable bonds is 0. The van der Waals surface area contributed by atoms with Crippen molar-refractivity contribution in [1.29, 1.82) is 0 Å². The number of hydrogen-bond acceptors (Lipinski definition) is 4. The Kier molecular flexibility index (Phi) is 1.91. The van der Waals surface area contributed by atoms with Gasteiger partial charge in [0.15, 0.2) is 0 Å². The lowest BCUT2D eigenvalue weighted by atomic mass is 9.67. The van der Waals surface area contributed by atoms with Crippen molar-refractivity contribution < 1.29 is 19.7 Å². The second kappa shape index (κ2) is 2.95. The lowest BCUT2D eigenvalue weighted by Crippen LogP contribution is -2.48. The first-order valence-electron chi connectivity index (χ1n) is 7.01. The molecule has 0 aromatic carbocycles. The van der Waals surface area contributed by atoms with Crippen LogP contribution in [0.1, 0.15) is 40.0 Å². The number of aliphatic hydroxyl groups is 2. The minimum atomic E-state index is -1.46. The van der Waals surface area contributed by atoms with E-state index >= 15 is 0 Å². The Labute approximate surface area is 107 Å². The van der Waals surface area contributed by atoms with Crippen molar-refractivity contribution >= 4 is 0 Å². The summed E-state index contributed by atoms with van der Waals surface area (Å²) in [6.45, 7) is 6.69. The summed E-state index contributed by atoms with van der Waals surface area (Å²) in [5.74, 6) is -0.675. The molecule has 7 atom stereocenters. The summed E-state index contributed by atoms with van der Waals surface area (Å²) in [5.41, 5.74) is 0.0142. The Balaban J connectivity index is 1.79. The van der Waals surface area contributed by atoms with Crippen LogP contribution in [0.5, 0.6) is 0 Å². The molecule has 0 amide bonds. The molecule has 4 rings (SSSR count). The Hall–Kier alpha value is -0.160. The molecular formula is C14H22O4. The Bertz CT molecular complexity index is 409. The molecular weight excluding hydrogens is 232 g/mol. The third kappa shape index (κ3) is 1.16. The molecule has 4 nitrogen and oxygen atoms in total. The van der Waals surface area contributed by atoms with E-state index < -0.39 is 12.1 Å². The molecule has 0 spiro atoms. The standard InChI is InChI=1S/C14H22O4/c1-12(2)4-7-8(5-12)13(3)6-9-10(7)17-11(15)14(9,16)18-13/h7-11,15-16H,4-6H2,1-3H3/t7-,8+,9-,10+,11-,13+,14-/m1/s1. The van der Waals surface area contributed by atoms with Crippen LogP contribution in [-0.4, -0.2) is 34.0 Å². The highest BCUT2D eigenvalue weighted by Crippen LogP contribution is 2.66. The van der Waals surface area contributed by atoms with Crippen molar-refractivity contribution in [1.82, 2.24) is 0 Å². The van der Waals surface area contributed by atoms with Crippen molar-refractivity contribution in [2.24, 2.45) is 23.2 Å². The van der Waals surface area contributed by atoms with Gasteiger partial charge in [0.05, 0.1) is 11.7 Å². The van der Waals surface area contributed by atoms with Gasteiger partial charge in [-0.2, -0.15) is 0 Å². The zero-order chi connectivity index (χ0) is 12.9. The molecule has 102 valence electrons. The summed E-state index contributed by atoms with van der Waals surface area (Å²) in [4.78, 5) is 0. The summed E-state index contributed by atoms with van der Waals surface area (Å²) in [6.07, 6.45) is 1.81. The van der Waals surface area contributed by atoms with Crippen molar-refractivity contribution in [3.8, 4) is 0 Å². The number of ether oxygens (including phenoxy) is 2. The molecule has 4 fully saturated rings. The largest absolute Gasteiger partial charge is 0.364 e. The molecule has 18 heavy (non-hydrogen) atoms. The van der Waals surface area contributed by atoms with Crippen LogP contribution in [-0.2, 0) is 9.47 Å². The van der Waals surface area contributed by atoms with Gasteiger partial charge in [-0.25, -0.2) is 0 Å². The minimum absolute atomic E-state index is 0.0349. The van der Waals surface area contributed by atoms with E-state index in [9.17, 15) is 10.2 Å². The third-order valence-electron chi connectivity index (χ3n) is 5.87. The smallest absolute Gasteiger partial charge is 0.224 e. The first-order chi connectivity index (χ1) is 8.25. The van der Waals surface area contributed by atoms with Crippen molar-refractivity contribution in [3.63, 3.8) is 0 Å². The second-order valence-electron chi connectivity index (χ2n) is 7.77. The normalized spacial score (nSPS) is 64.2. The summed E-state index contributed by atoms with van der Waals surface area (Å²) in [7, 11) is 0. The van der Waals surface area contributed by atoms with Crippen LogP contribution in [0.15, 0.2) is 0 Å². The maximum atomic E-state index is 10.5. The fraction of sp³-hybridized carbons (Fsp3) is 1.00. The molecule has 4 aliphatic rings. The number of aliphatic hydroxyl groups excluding tert-OH is 1. The van der Waals surface area contributed by atoms with Gasteiger partial charge in [0.1, 0.15) is 0 Å². The van der Waals surface area contributed by atoms with Gasteiger partial charge in [-0.3, -0.25) is 0 Å². The molecule has 2 N–H and O–H groups in total. The molecule has 2 bridgehead atoms. The highest BCUT2D eigenvalue weighted by molar-refractivity contribution is 5.16. The molecule has 0 aromatic rings. The van der Waals surface area contributed by atoms with Crippen LogP contribution in [0.4, 0.5) is 0 Å². The average molecular weight is 254 g/mol. The van der Waals surface area contributed by atoms with E-state index in [1.165, 1.54) is 0 Å².